The van der Waals surface area contributed by atoms with Gasteiger partial charge in [-0.1, -0.05) is 48.5 Å². The van der Waals surface area contributed by atoms with E-state index in [0.29, 0.717) is 0 Å². The molecule has 22 heavy (non-hydrogen) atoms. The fraction of sp³-hybridized carbons (Fsp3) is 0.350. The molecule has 0 unspecified atom stereocenters. The van der Waals surface area contributed by atoms with Gasteiger partial charge in [0.05, 0.1) is 5.41 Å². The SMILES string of the molecule is CN(C)CCC1(C=O)c2ccccc2CCc2ccccc21. The minimum absolute atomic E-state index is 0.520. The second-order valence-electron chi connectivity index (χ2n) is 6.46. The molecule has 2 heteroatoms. The van der Waals surface area contributed by atoms with Crippen LogP contribution in [0.2, 0.25) is 0 Å². The summed E-state index contributed by atoms with van der Waals surface area (Å²) in [5, 5.41) is 0. The topological polar surface area (TPSA) is 20.3 Å². The first kappa shape index (κ1) is 15.0. The standard InChI is InChI=1S/C20H23NO/c1-21(2)14-13-20(15-22)18-9-5-3-7-16(18)11-12-17-8-4-6-10-19(17)20/h3-10,15H,11-14H2,1-2H3. The van der Waals surface area contributed by atoms with Crippen LogP contribution in [-0.2, 0) is 23.1 Å². The van der Waals surface area contributed by atoms with E-state index in [2.05, 4.69) is 67.5 Å². The molecule has 0 saturated carbocycles. The number of nitrogens with zero attached hydrogens (tertiary/aromatic N) is 1. The molecule has 0 aliphatic heterocycles. The summed E-state index contributed by atoms with van der Waals surface area (Å²) in [6, 6.07) is 16.9. The summed E-state index contributed by atoms with van der Waals surface area (Å²) in [4.78, 5) is 14.5. The molecule has 2 nitrogen and oxygen atoms in total. The highest BCUT2D eigenvalue weighted by molar-refractivity contribution is 5.77. The van der Waals surface area contributed by atoms with Crippen molar-refractivity contribution in [3.05, 3.63) is 70.8 Å². The fourth-order valence-electron chi connectivity index (χ4n) is 3.62. The summed E-state index contributed by atoms with van der Waals surface area (Å²) >= 11 is 0. The molecule has 1 aliphatic carbocycles. The van der Waals surface area contributed by atoms with Crippen LogP contribution in [0.3, 0.4) is 0 Å². The minimum Gasteiger partial charge on any atom is -0.309 e. The molecule has 114 valence electrons. The van der Waals surface area contributed by atoms with E-state index < -0.39 is 5.41 Å². The van der Waals surface area contributed by atoms with Crippen LogP contribution in [0, 0.1) is 0 Å². The highest BCUT2D eigenvalue weighted by Crippen LogP contribution is 2.40. The Kier molecular flexibility index (Phi) is 4.12. The zero-order chi connectivity index (χ0) is 15.6. The third kappa shape index (κ3) is 2.48. The van der Waals surface area contributed by atoms with E-state index in [4.69, 9.17) is 0 Å². The Labute approximate surface area is 132 Å². The van der Waals surface area contributed by atoms with Crippen LogP contribution in [0.4, 0.5) is 0 Å². The quantitative estimate of drug-likeness (QED) is 0.807. The largest absolute Gasteiger partial charge is 0.309 e. The van der Waals surface area contributed by atoms with Gasteiger partial charge in [-0.15, -0.1) is 0 Å². The van der Waals surface area contributed by atoms with Gasteiger partial charge in [-0.05, 0) is 62.2 Å². The lowest BCUT2D eigenvalue weighted by Gasteiger charge is -2.32. The molecule has 0 aromatic heterocycles. The van der Waals surface area contributed by atoms with Crippen molar-refractivity contribution in [2.24, 2.45) is 0 Å². The van der Waals surface area contributed by atoms with E-state index in [0.717, 1.165) is 25.8 Å². The highest BCUT2D eigenvalue weighted by Gasteiger charge is 2.38. The first-order valence-corrected chi connectivity index (χ1v) is 7.95. The number of aryl methyl sites for hydroxylation is 2. The molecule has 1 aliphatic rings. The van der Waals surface area contributed by atoms with Crippen molar-refractivity contribution in [2.45, 2.75) is 24.7 Å². The zero-order valence-electron chi connectivity index (χ0n) is 13.4. The van der Waals surface area contributed by atoms with Gasteiger partial charge in [-0.25, -0.2) is 0 Å². The molecule has 0 spiro atoms. The molecular formula is C20H23NO. The number of fused-ring (bicyclic) bond motifs is 2. The zero-order valence-corrected chi connectivity index (χ0v) is 13.4. The van der Waals surface area contributed by atoms with Crippen LogP contribution in [-0.4, -0.2) is 31.8 Å². The van der Waals surface area contributed by atoms with E-state index in [9.17, 15) is 4.79 Å². The maximum absolute atomic E-state index is 12.4. The molecule has 0 atom stereocenters. The summed E-state index contributed by atoms with van der Waals surface area (Å²) in [7, 11) is 4.13. The second kappa shape index (κ2) is 6.05. The van der Waals surface area contributed by atoms with Crippen LogP contribution in [0.5, 0.6) is 0 Å². The Morgan fingerprint density at radius 2 is 1.45 bits per heavy atom. The molecule has 0 amide bonds. The van der Waals surface area contributed by atoms with Crippen molar-refractivity contribution in [2.75, 3.05) is 20.6 Å². The van der Waals surface area contributed by atoms with E-state index in [1.807, 2.05) is 0 Å². The molecule has 0 fully saturated rings. The van der Waals surface area contributed by atoms with Gasteiger partial charge in [-0.2, -0.15) is 0 Å². The molecular weight excluding hydrogens is 270 g/mol. The van der Waals surface area contributed by atoms with Crippen molar-refractivity contribution >= 4 is 6.29 Å². The molecule has 3 rings (SSSR count). The average molecular weight is 293 g/mol. The van der Waals surface area contributed by atoms with Gasteiger partial charge in [0.25, 0.3) is 0 Å². The van der Waals surface area contributed by atoms with Gasteiger partial charge in [-0.3, -0.25) is 0 Å². The molecule has 0 heterocycles. The summed E-state index contributed by atoms with van der Waals surface area (Å²) in [5.74, 6) is 0. The molecule has 0 saturated heterocycles. The molecule has 2 aromatic rings. The van der Waals surface area contributed by atoms with Crippen LogP contribution < -0.4 is 0 Å². The smallest absolute Gasteiger partial charge is 0.135 e. The normalized spacial score (nSPS) is 15.8. The first-order chi connectivity index (χ1) is 10.7. The summed E-state index contributed by atoms with van der Waals surface area (Å²) in [6.07, 6.45) is 4.01. The van der Waals surface area contributed by atoms with E-state index >= 15 is 0 Å². The lowest BCUT2D eigenvalue weighted by molar-refractivity contribution is -0.111. The number of aldehydes is 1. The number of benzene rings is 2. The third-order valence-corrected chi connectivity index (χ3v) is 4.81. The van der Waals surface area contributed by atoms with Crippen LogP contribution in [0.25, 0.3) is 0 Å². The number of hydrogen-bond donors (Lipinski definition) is 0. The Balaban J connectivity index is 2.22. The number of carbonyl (C=O) groups is 1. The monoisotopic (exact) mass is 293 g/mol. The van der Waals surface area contributed by atoms with Gasteiger partial charge in [0.15, 0.2) is 0 Å². The second-order valence-corrected chi connectivity index (χ2v) is 6.46. The third-order valence-electron chi connectivity index (χ3n) is 4.81. The van der Waals surface area contributed by atoms with Crippen molar-refractivity contribution in [1.29, 1.82) is 0 Å². The van der Waals surface area contributed by atoms with E-state index in [1.54, 1.807) is 0 Å². The van der Waals surface area contributed by atoms with Gasteiger partial charge in [0, 0.05) is 0 Å². The average Bonchev–Trinajstić information content (AvgIpc) is 2.68. The Bertz CT molecular complexity index is 627. The Morgan fingerprint density at radius 3 is 1.91 bits per heavy atom. The summed E-state index contributed by atoms with van der Waals surface area (Å²) < 4.78 is 0. The lowest BCUT2D eigenvalue weighted by atomic mass is 9.71. The van der Waals surface area contributed by atoms with E-state index in [1.165, 1.54) is 28.5 Å². The first-order valence-electron chi connectivity index (χ1n) is 7.95. The number of carbonyl (C=O) groups excluding carboxylic acids is 1. The van der Waals surface area contributed by atoms with Crippen molar-refractivity contribution in [1.82, 2.24) is 4.90 Å². The predicted octanol–water partition coefficient (Wildman–Crippen LogP) is 3.22. The molecule has 2 aromatic carbocycles. The summed E-state index contributed by atoms with van der Waals surface area (Å²) in [6.45, 7) is 0.890. The minimum atomic E-state index is -0.520. The molecule has 0 N–H and O–H groups in total. The molecule has 0 bridgehead atoms. The predicted molar refractivity (Wildman–Crippen MR) is 90.3 cm³/mol. The number of rotatable bonds is 4. The number of hydrogen-bond acceptors (Lipinski definition) is 2. The van der Waals surface area contributed by atoms with Gasteiger partial charge < -0.3 is 9.69 Å². The van der Waals surface area contributed by atoms with Crippen LogP contribution in [0.1, 0.15) is 28.7 Å². The van der Waals surface area contributed by atoms with Crippen LogP contribution >= 0.6 is 0 Å². The lowest BCUT2D eigenvalue weighted by Crippen LogP contribution is -2.34. The van der Waals surface area contributed by atoms with Gasteiger partial charge in [0.2, 0.25) is 0 Å². The highest BCUT2D eigenvalue weighted by atomic mass is 16.1. The van der Waals surface area contributed by atoms with Crippen molar-refractivity contribution < 1.29 is 4.79 Å². The fourth-order valence-corrected chi connectivity index (χ4v) is 3.62. The Morgan fingerprint density at radius 1 is 0.955 bits per heavy atom. The maximum Gasteiger partial charge on any atom is 0.135 e. The van der Waals surface area contributed by atoms with Crippen molar-refractivity contribution in [3.63, 3.8) is 0 Å². The Hall–Kier alpha value is -1.93. The maximum atomic E-state index is 12.4. The van der Waals surface area contributed by atoms with Crippen LogP contribution in [0.15, 0.2) is 48.5 Å². The van der Waals surface area contributed by atoms with Crippen molar-refractivity contribution in [3.8, 4) is 0 Å². The molecule has 0 radical (unpaired) electrons. The summed E-state index contributed by atoms with van der Waals surface area (Å²) in [5.41, 5.74) is 4.48. The van der Waals surface area contributed by atoms with E-state index in [-0.39, 0.29) is 0 Å². The van der Waals surface area contributed by atoms with Gasteiger partial charge in [0.1, 0.15) is 6.29 Å². The van der Waals surface area contributed by atoms with Gasteiger partial charge >= 0.3 is 0 Å².